The van der Waals surface area contributed by atoms with Crippen molar-refractivity contribution in [1.82, 2.24) is 20.1 Å². The van der Waals surface area contributed by atoms with Crippen LogP contribution in [0.15, 0.2) is 78.8 Å². The molecule has 1 aliphatic carbocycles. The molecule has 0 unspecified atom stereocenters. The number of aromatic nitrogens is 1. The number of ether oxygens (including phenoxy) is 1. The summed E-state index contributed by atoms with van der Waals surface area (Å²) in [7, 11) is 0. The second kappa shape index (κ2) is 16.5. The summed E-state index contributed by atoms with van der Waals surface area (Å²) in [5.74, 6) is 1.41. The van der Waals surface area contributed by atoms with Gasteiger partial charge >= 0.3 is 6.03 Å². The van der Waals surface area contributed by atoms with Crippen LogP contribution in [0.2, 0.25) is 0 Å². The van der Waals surface area contributed by atoms with Gasteiger partial charge in [0.1, 0.15) is 29.0 Å². The molecule has 0 saturated carbocycles. The highest BCUT2D eigenvalue weighted by atomic mass is 19.3. The number of halogens is 2. The quantitative estimate of drug-likeness (QED) is 0.0899. The van der Waals surface area contributed by atoms with E-state index in [9.17, 15) is 13.6 Å². The van der Waals surface area contributed by atoms with Crippen molar-refractivity contribution < 1.29 is 18.3 Å². The molecule has 3 aromatic rings. The van der Waals surface area contributed by atoms with Gasteiger partial charge in [0.15, 0.2) is 0 Å². The van der Waals surface area contributed by atoms with Gasteiger partial charge in [0.2, 0.25) is 0 Å². The zero-order chi connectivity index (χ0) is 36.7. The number of amides is 2. The SMILES string of the molecule is Cc1ccc(N/C(=C\C(=N)C(C)(C)C)NC(=O)N[C@H]2CC[C@@H](Oc3ccc(=N)n(C(=N)CC4CCN(CC(F)F)CC4)c3)c3ccccc32)cc1. The highest BCUT2D eigenvalue weighted by Crippen LogP contribution is 2.38. The van der Waals surface area contributed by atoms with Gasteiger partial charge in [0, 0.05) is 29.3 Å². The maximum absolute atomic E-state index is 13.4. The third-order valence-corrected chi connectivity index (χ3v) is 9.49. The van der Waals surface area contributed by atoms with Gasteiger partial charge in [-0.05, 0) is 87.0 Å². The van der Waals surface area contributed by atoms with E-state index in [0.717, 1.165) is 35.2 Å². The summed E-state index contributed by atoms with van der Waals surface area (Å²) in [5.41, 5.74) is 3.92. The van der Waals surface area contributed by atoms with E-state index in [1.807, 2.05) is 76.2 Å². The Kier molecular flexibility index (Phi) is 12.1. The average Bonchev–Trinajstić information content (AvgIpc) is 3.08. The molecule has 6 N–H and O–H groups in total. The van der Waals surface area contributed by atoms with Crippen molar-refractivity contribution in [2.45, 2.75) is 78.4 Å². The van der Waals surface area contributed by atoms with Gasteiger partial charge in [-0.1, -0.05) is 62.7 Å². The Hall–Kier alpha value is -4.84. The van der Waals surface area contributed by atoms with Gasteiger partial charge in [-0.3, -0.25) is 25.6 Å². The molecule has 2 aliphatic rings. The topological polar surface area (TPSA) is 142 Å². The van der Waals surface area contributed by atoms with E-state index in [1.165, 1.54) is 4.57 Å². The number of piperidine rings is 1. The number of rotatable bonds is 11. The first kappa shape index (κ1) is 37.4. The van der Waals surface area contributed by atoms with Crippen LogP contribution in [-0.4, -0.2) is 53.1 Å². The first-order valence-corrected chi connectivity index (χ1v) is 17.6. The van der Waals surface area contributed by atoms with Crippen LogP contribution in [0.4, 0.5) is 19.3 Å². The van der Waals surface area contributed by atoms with Crippen LogP contribution < -0.4 is 26.2 Å². The smallest absolute Gasteiger partial charge is 0.320 e. The van der Waals surface area contributed by atoms with Crippen LogP contribution in [0.25, 0.3) is 0 Å². The predicted molar refractivity (Wildman–Crippen MR) is 197 cm³/mol. The molecule has 0 spiro atoms. The number of nitrogens with one attached hydrogen (secondary N) is 6. The molecule has 0 radical (unpaired) electrons. The molecule has 51 heavy (non-hydrogen) atoms. The monoisotopic (exact) mass is 700 g/mol. The molecule has 1 saturated heterocycles. The molecule has 0 bridgehead atoms. The van der Waals surface area contributed by atoms with Crippen LogP contribution in [0.1, 0.15) is 81.7 Å². The van der Waals surface area contributed by atoms with E-state index >= 15 is 0 Å². The largest absolute Gasteiger partial charge is 0.484 e. The first-order valence-electron chi connectivity index (χ1n) is 17.6. The third kappa shape index (κ3) is 10.3. The standard InChI is InChI=1S/C39H50F2N8O2/c1-25-9-11-27(12-10-25)45-37(22-33(42)39(2,3)4)47-38(50)46-31-14-15-32(30-8-6-5-7-29(30)31)51-28-13-16-35(43)49(23-28)36(44)21-26-17-19-48(20-18-26)24-34(40)41/h5-13,16,22-23,26,31-32,34,42-45H,14-15,17-21,24H2,1-4H3,(H2,46,47,50)/b37-22+,42-33?,43-35?,44-36?/t31-,32+/m0/s1. The van der Waals surface area contributed by atoms with Crippen molar-refractivity contribution in [3.8, 4) is 5.75 Å². The fraction of sp³-hybridized carbons (Fsp3) is 0.436. The minimum atomic E-state index is -2.34. The second-order valence-corrected chi connectivity index (χ2v) is 14.6. The summed E-state index contributed by atoms with van der Waals surface area (Å²) in [6, 6.07) is 18.3. The number of allylic oxidation sites excluding steroid dienone is 1. The molecule has 10 nitrogen and oxygen atoms in total. The van der Waals surface area contributed by atoms with E-state index in [-0.39, 0.29) is 35.9 Å². The summed E-state index contributed by atoms with van der Waals surface area (Å²) in [6.07, 6.45) is 3.87. The Morgan fingerprint density at radius 1 is 0.980 bits per heavy atom. The number of alkyl halides is 2. The molecular formula is C39H50F2N8O2. The minimum absolute atomic E-state index is 0.171. The van der Waals surface area contributed by atoms with E-state index < -0.39 is 17.9 Å². The van der Waals surface area contributed by atoms with E-state index in [4.69, 9.17) is 21.0 Å². The molecule has 2 heterocycles. The highest BCUT2D eigenvalue weighted by Gasteiger charge is 2.30. The number of hydrogen-bond acceptors (Lipinski definition) is 7. The number of benzene rings is 2. The zero-order valence-corrected chi connectivity index (χ0v) is 29.9. The van der Waals surface area contributed by atoms with E-state index in [2.05, 4.69) is 16.0 Å². The van der Waals surface area contributed by atoms with Gasteiger partial charge in [-0.15, -0.1) is 0 Å². The van der Waals surface area contributed by atoms with Gasteiger partial charge in [0.05, 0.1) is 18.8 Å². The van der Waals surface area contributed by atoms with Gasteiger partial charge in [-0.25, -0.2) is 13.6 Å². The number of hydrogen-bond donors (Lipinski definition) is 6. The number of carbonyl (C=O) groups excluding carboxylic acids is 1. The maximum atomic E-state index is 13.4. The molecule has 1 fully saturated rings. The summed E-state index contributed by atoms with van der Waals surface area (Å²) in [5, 5.41) is 35.1. The lowest BCUT2D eigenvalue weighted by molar-refractivity contribution is 0.0697. The average molecular weight is 701 g/mol. The maximum Gasteiger partial charge on any atom is 0.320 e. The molecule has 2 aromatic carbocycles. The Balaban J connectivity index is 1.24. The van der Waals surface area contributed by atoms with Gasteiger partial charge < -0.3 is 20.8 Å². The van der Waals surface area contributed by atoms with Crippen LogP contribution in [0, 0.1) is 34.5 Å². The molecule has 2 amide bonds. The number of aryl methyl sites for hydroxylation is 1. The van der Waals surface area contributed by atoms with Gasteiger partial charge in [-0.2, -0.15) is 0 Å². The fourth-order valence-electron chi connectivity index (χ4n) is 6.47. The number of urea groups is 1. The molecule has 2 atom stereocenters. The molecule has 1 aromatic heterocycles. The van der Waals surface area contributed by atoms with Crippen LogP contribution in [0.5, 0.6) is 5.75 Å². The van der Waals surface area contributed by atoms with Gasteiger partial charge in [0.25, 0.3) is 6.43 Å². The summed E-state index contributed by atoms with van der Waals surface area (Å²) < 4.78 is 33.6. The summed E-state index contributed by atoms with van der Waals surface area (Å²) in [4.78, 5) is 15.2. The number of likely N-dealkylation sites (tertiary alicyclic amines) is 1. The van der Waals surface area contributed by atoms with Crippen molar-refractivity contribution in [1.29, 1.82) is 16.2 Å². The number of fused-ring (bicyclic) bond motifs is 1. The lowest BCUT2D eigenvalue weighted by Crippen LogP contribution is -2.41. The number of pyridine rings is 1. The minimum Gasteiger partial charge on any atom is -0.484 e. The zero-order valence-electron chi connectivity index (χ0n) is 29.9. The third-order valence-electron chi connectivity index (χ3n) is 9.49. The van der Waals surface area contributed by atoms with Crippen LogP contribution in [-0.2, 0) is 0 Å². The molecule has 5 rings (SSSR count). The molecule has 12 heteroatoms. The number of carbonyl (C=O) groups is 1. The lowest BCUT2D eigenvalue weighted by atomic mass is 9.85. The van der Waals surface area contributed by atoms with Crippen LogP contribution >= 0.6 is 0 Å². The number of anilines is 1. The van der Waals surface area contributed by atoms with E-state index in [0.29, 0.717) is 49.6 Å². The Morgan fingerprint density at radius 3 is 2.33 bits per heavy atom. The molecule has 1 aliphatic heterocycles. The summed E-state index contributed by atoms with van der Waals surface area (Å²) >= 11 is 0. The summed E-state index contributed by atoms with van der Waals surface area (Å²) in [6.45, 7) is 8.82. The molecule has 272 valence electrons. The Morgan fingerprint density at radius 2 is 1.67 bits per heavy atom. The predicted octanol–water partition coefficient (Wildman–Crippen LogP) is 7.74. The van der Waals surface area contributed by atoms with Crippen molar-refractivity contribution in [3.63, 3.8) is 0 Å². The van der Waals surface area contributed by atoms with Crippen molar-refractivity contribution in [3.05, 3.63) is 101 Å². The first-order chi connectivity index (χ1) is 24.2. The van der Waals surface area contributed by atoms with Crippen molar-refractivity contribution >= 4 is 23.3 Å². The van der Waals surface area contributed by atoms with Crippen LogP contribution in [0.3, 0.4) is 0 Å². The normalized spacial score (nSPS) is 18.5. The number of nitrogens with zero attached hydrogens (tertiary/aromatic N) is 2. The Bertz CT molecular complexity index is 1790. The second-order valence-electron chi connectivity index (χ2n) is 14.6. The molecular weight excluding hydrogens is 650 g/mol. The van der Waals surface area contributed by atoms with Crippen molar-refractivity contribution in [2.24, 2.45) is 11.3 Å². The highest BCUT2D eigenvalue weighted by molar-refractivity contribution is 5.97. The fourth-order valence-corrected chi connectivity index (χ4v) is 6.47. The lowest BCUT2D eigenvalue weighted by Gasteiger charge is -2.33. The van der Waals surface area contributed by atoms with Crippen molar-refractivity contribution in [2.75, 3.05) is 25.0 Å². The van der Waals surface area contributed by atoms with E-state index in [1.54, 1.807) is 29.3 Å². The Labute approximate surface area is 298 Å².